The van der Waals surface area contributed by atoms with Gasteiger partial charge in [-0.1, -0.05) is 179 Å². The Balaban J connectivity index is 0.000000316. The smallest absolute Gasteiger partial charge is 0.125 e. The molecule has 17 heteroatoms. The summed E-state index contributed by atoms with van der Waals surface area (Å²) in [5.74, 6) is 5.58. The highest BCUT2D eigenvalue weighted by atomic mass is 16.6. The van der Waals surface area contributed by atoms with Crippen molar-refractivity contribution >= 4 is 0 Å². The van der Waals surface area contributed by atoms with Crippen LogP contribution < -0.4 is 33.2 Å². The zero-order valence-electron chi connectivity index (χ0n) is 52.9. The summed E-state index contributed by atoms with van der Waals surface area (Å²) in [5, 5.41) is 26.7. The number of hydrogen-bond donors (Lipinski definition) is 3. The molecule has 8 aromatic rings. The van der Waals surface area contributed by atoms with Crippen LogP contribution in [-0.4, -0.2) is 166 Å². The molecule has 0 fully saturated rings. The second-order valence-corrected chi connectivity index (χ2v) is 19.1. The fourth-order valence-electron chi connectivity index (χ4n) is 7.60. The molecule has 0 saturated heterocycles. The molecule has 8 aromatic carbocycles. The lowest BCUT2D eigenvalue weighted by molar-refractivity contribution is -0.0539. The Morgan fingerprint density at radius 1 is 0.261 bits per heavy atom. The van der Waals surface area contributed by atoms with E-state index in [1.807, 2.05) is 257 Å². The molecule has 17 nitrogen and oxygen atoms in total. The van der Waals surface area contributed by atoms with Crippen molar-refractivity contribution in [1.29, 1.82) is 0 Å². The van der Waals surface area contributed by atoms with Gasteiger partial charge in [0, 0.05) is 7.11 Å². The van der Waals surface area contributed by atoms with Gasteiger partial charge in [-0.15, -0.1) is 0 Å². The molecule has 0 bridgehead atoms. The van der Waals surface area contributed by atoms with Crippen LogP contribution in [0.2, 0.25) is 0 Å². The van der Waals surface area contributed by atoms with Crippen LogP contribution >= 0.6 is 0 Å². The average molecular weight is 1270 g/mol. The van der Waals surface area contributed by atoms with E-state index in [-0.39, 0.29) is 71.5 Å². The lowest BCUT2D eigenvalue weighted by Crippen LogP contribution is -2.29. The molecule has 0 aliphatic rings. The highest BCUT2D eigenvalue weighted by Gasteiger charge is 2.15. The maximum absolute atomic E-state index is 8.91. The molecule has 0 saturated carbocycles. The number of para-hydroxylation sites is 7. The molecule has 2 unspecified atom stereocenters. The Hall–Kier alpha value is -8.04. The molecule has 0 aromatic heterocycles. The van der Waals surface area contributed by atoms with Crippen LogP contribution in [0.3, 0.4) is 0 Å². The molecule has 8 rings (SSSR count). The fourth-order valence-corrected chi connectivity index (χ4v) is 7.60. The average Bonchev–Trinajstić information content (AvgIpc) is 3.83. The third kappa shape index (κ3) is 39.3. The Morgan fingerprint density at radius 3 is 0.772 bits per heavy atom. The fraction of sp³-hybridized carbons (Fsp3) is 0.360. The maximum Gasteiger partial charge on any atom is 0.125 e. The summed E-state index contributed by atoms with van der Waals surface area (Å²) >= 11 is 0. The van der Waals surface area contributed by atoms with Gasteiger partial charge in [0.15, 0.2) is 0 Å². The van der Waals surface area contributed by atoms with Crippen molar-refractivity contribution in [1.82, 2.24) is 0 Å². The summed E-state index contributed by atoms with van der Waals surface area (Å²) in [6, 6.07) is 77.1. The Morgan fingerprint density at radius 2 is 0.500 bits per heavy atom. The number of benzene rings is 8. The van der Waals surface area contributed by atoms with Crippen molar-refractivity contribution in [2.24, 2.45) is 0 Å². The van der Waals surface area contributed by atoms with Gasteiger partial charge in [0.05, 0.1) is 79.3 Å². The van der Waals surface area contributed by atoms with Gasteiger partial charge in [0.1, 0.15) is 111 Å². The second-order valence-electron chi connectivity index (χ2n) is 19.1. The van der Waals surface area contributed by atoms with Gasteiger partial charge in [0.25, 0.3) is 0 Å². The highest BCUT2D eigenvalue weighted by Crippen LogP contribution is 2.16. The van der Waals surface area contributed by atoms with Crippen LogP contribution in [0.5, 0.6) is 40.2 Å². The van der Waals surface area contributed by atoms with Gasteiger partial charge in [-0.05, 0) is 90.5 Å². The van der Waals surface area contributed by atoms with Crippen molar-refractivity contribution in [2.75, 3.05) is 126 Å². The summed E-state index contributed by atoms with van der Waals surface area (Å²) in [6.45, 7) is 10.4. The lowest BCUT2D eigenvalue weighted by atomic mass is 10.2. The number of methoxy groups -OCH3 is 1. The summed E-state index contributed by atoms with van der Waals surface area (Å²) in [7, 11) is 1.66. The first-order valence-corrected chi connectivity index (χ1v) is 30.8. The standard InChI is InChI=1S/C19H24O5.C19H24O4.2C17H20O4.C2H6.CH4/c20-11-12-22-19(16-24-18-9-5-2-6-10-18)15-21-13-14-23-17-7-3-1-4-8-17;1-20-12-13-22-19(16-23-18-10-6-3-7-11-18)15-21-14-17-8-4-2-5-9-17;2*18-11-12-19-17(13-20-15-7-3-1-4-8-15)14-21-16-9-5-2-6-10-16;1-2;/h1-10,19-20H,11-16H2;2-11,19H,12-16H2,1H3;2*1-10,17-18H,11-14H2;1-2H3;1H4. The van der Waals surface area contributed by atoms with Gasteiger partial charge < -0.3 is 81.6 Å². The van der Waals surface area contributed by atoms with Crippen molar-refractivity contribution in [2.45, 2.75) is 52.3 Å². The maximum atomic E-state index is 8.91. The largest absolute Gasteiger partial charge is 0.491 e. The quantitative estimate of drug-likeness (QED) is 0.0307. The van der Waals surface area contributed by atoms with E-state index in [1.165, 1.54) is 0 Å². The number of rotatable bonds is 41. The number of aliphatic hydroxyl groups excluding tert-OH is 3. The zero-order valence-corrected chi connectivity index (χ0v) is 52.9. The first kappa shape index (κ1) is 78.2. The molecule has 2 atom stereocenters. The lowest BCUT2D eigenvalue weighted by Gasteiger charge is -2.18. The van der Waals surface area contributed by atoms with E-state index >= 15 is 0 Å². The number of aliphatic hydroxyl groups is 3. The first-order chi connectivity index (χ1) is 45.0. The minimum Gasteiger partial charge on any atom is -0.491 e. The van der Waals surface area contributed by atoms with Crippen LogP contribution in [0, 0.1) is 0 Å². The molecular formula is C75H98O17. The van der Waals surface area contributed by atoms with Crippen LogP contribution in [0.15, 0.2) is 243 Å². The third-order valence-corrected chi connectivity index (χ3v) is 12.0. The summed E-state index contributed by atoms with van der Waals surface area (Å²) in [5.41, 5.74) is 1.15. The summed E-state index contributed by atoms with van der Waals surface area (Å²) in [4.78, 5) is 0. The monoisotopic (exact) mass is 1270 g/mol. The number of hydrogen-bond acceptors (Lipinski definition) is 17. The van der Waals surface area contributed by atoms with Crippen molar-refractivity contribution in [3.05, 3.63) is 248 Å². The topological polar surface area (TPSA) is 190 Å². The molecule has 92 heavy (non-hydrogen) atoms. The summed E-state index contributed by atoms with van der Waals surface area (Å²) in [6.07, 6.45) is -0.849. The molecule has 0 aliphatic carbocycles. The molecule has 3 N–H and O–H groups in total. The van der Waals surface area contributed by atoms with Gasteiger partial charge in [-0.25, -0.2) is 0 Å². The van der Waals surface area contributed by atoms with E-state index in [0.717, 1.165) is 45.8 Å². The van der Waals surface area contributed by atoms with E-state index in [0.29, 0.717) is 85.9 Å². The minimum absolute atomic E-state index is 0. The van der Waals surface area contributed by atoms with Gasteiger partial charge in [0.2, 0.25) is 0 Å². The number of ether oxygens (including phenoxy) is 14. The van der Waals surface area contributed by atoms with E-state index in [2.05, 4.69) is 0 Å². The predicted octanol–water partition coefficient (Wildman–Crippen LogP) is 12.6. The van der Waals surface area contributed by atoms with Crippen LogP contribution in [0.25, 0.3) is 0 Å². The molecule has 500 valence electrons. The Labute approximate surface area is 546 Å². The van der Waals surface area contributed by atoms with E-state index < -0.39 is 0 Å². The van der Waals surface area contributed by atoms with Crippen molar-refractivity contribution in [3.8, 4) is 40.2 Å². The SMILES string of the molecule is C.CC.COCCOC(COCc1ccccc1)COc1ccccc1.OCCOC(COCCOc1ccccc1)COc1ccccc1.OCCOC(COc1ccccc1)COc1ccccc1.OCCOC(COc1ccccc1)COc1ccccc1. The highest BCUT2D eigenvalue weighted by molar-refractivity contribution is 5.25. The van der Waals surface area contributed by atoms with E-state index in [1.54, 1.807) is 7.11 Å². The van der Waals surface area contributed by atoms with Crippen LogP contribution in [0.4, 0.5) is 0 Å². The normalized spacial score (nSPS) is 11.0. The third-order valence-electron chi connectivity index (χ3n) is 12.0. The summed E-state index contributed by atoms with van der Waals surface area (Å²) < 4.78 is 78.4. The van der Waals surface area contributed by atoms with Crippen molar-refractivity contribution < 1.29 is 81.6 Å². The Kier molecular flexibility index (Phi) is 46.5. The molecular weight excluding hydrogens is 1170 g/mol. The molecule has 0 spiro atoms. The van der Waals surface area contributed by atoms with Gasteiger partial charge >= 0.3 is 0 Å². The van der Waals surface area contributed by atoms with Crippen LogP contribution in [0.1, 0.15) is 26.8 Å². The Bertz CT molecular complexity index is 2620. The van der Waals surface area contributed by atoms with Crippen LogP contribution in [-0.2, 0) is 39.8 Å². The predicted molar refractivity (Wildman–Crippen MR) is 361 cm³/mol. The van der Waals surface area contributed by atoms with E-state index in [4.69, 9.17) is 81.6 Å². The zero-order chi connectivity index (χ0) is 64.5. The minimum atomic E-state index is -0.242. The first-order valence-electron chi connectivity index (χ1n) is 30.8. The van der Waals surface area contributed by atoms with Crippen molar-refractivity contribution in [3.63, 3.8) is 0 Å². The molecule has 0 radical (unpaired) electrons. The molecule has 0 aliphatic heterocycles. The van der Waals surface area contributed by atoms with Gasteiger partial charge in [-0.3, -0.25) is 0 Å². The molecule has 0 heterocycles. The second kappa shape index (κ2) is 54.7. The van der Waals surface area contributed by atoms with Gasteiger partial charge in [-0.2, -0.15) is 0 Å². The van der Waals surface area contributed by atoms with E-state index in [9.17, 15) is 0 Å². The molecule has 0 amide bonds.